The molecule has 7 rings (SSSR count). The Morgan fingerprint density at radius 1 is 0.850 bits per heavy atom. The van der Waals surface area contributed by atoms with Crippen LogP contribution in [-0.4, -0.2) is 64.0 Å². The highest BCUT2D eigenvalue weighted by Gasteiger charge is 2.21. The fraction of sp³-hybridized carbons (Fsp3) is 0.324. The third-order valence-electron chi connectivity index (χ3n) is 8.76. The second-order valence-corrected chi connectivity index (χ2v) is 11.5. The molecular weight excluding hydrogens is 494 g/mol. The van der Waals surface area contributed by atoms with E-state index in [1.807, 2.05) is 18.3 Å². The molecular formula is C34H35N5O. The first kappa shape index (κ1) is 25.1. The van der Waals surface area contributed by atoms with Gasteiger partial charge in [0.1, 0.15) is 0 Å². The number of ketones is 1. The largest absolute Gasteiger partial charge is 0.304 e. The fourth-order valence-corrected chi connectivity index (χ4v) is 6.41. The van der Waals surface area contributed by atoms with Crippen LogP contribution in [0.15, 0.2) is 66.9 Å². The van der Waals surface area contributed by atoms with Gasteiger partial charge in [0.15, 0.2) is 5.78 Å². The number of aryl methyl sites for hydroxylation is 1. The number of carbonyl (C=O) groups excluding carboxylic acids is 1. The number of Topliss-reactive ketones (excluding diaryl/α,β-unsaturated/α-hetero) is 1. The van der Waals surface area contributed by atoms with Crippen molar-refractivity contribution >= 4 is 27.6 Å². The third-order valence-corrected chi connectivity index (χ3v) is 8.76. The van der Waals surface area contributed by atoms with Gasteiger partial charge in [-0.15, -0.1) is 0 Å². The van der Waals surface area contributed by atoms with E-state index in [-0.39, 0.29) is 5.78 Å². The molecule has 3 aromatic carbocycles. The second-order valence-electron chi connectivity index (χ2n) is 11.5. The lowest BCUT2D eigenvalue weighted by Crippen LogP contribution is -2.43. The average molecular weight is 530 g/mol. The summed E-state index contributed by atoms with van der Waals surface area (Å²) >= 11 is 0. The van der Waals surface area contributed by atoms with Crippen LogP contribution in [0.4, 0.5) is 0 Å². The number of nitrogens with one attached hydrogen (secondary N) is 1. The summed E-state index contributed by atoms with van der Waals surface area (Å²) in [5.41, 5.74) is 10.2. The first-order valence-electron chi connectivity index (χ1n) is 14.5. The minimum Gasteiger partial charge on any atom is -0.304 e. The number of rotatable bonds is 6. The molecule has 5 aromatic rings. The van der Waals surface area contributed by atoms with Crippen LogP contribution in [0.1, 0.15) is 45.5 Å². The van der Waals surface area contributed by atoms with Crippen LogP contribution in [0.5, 0.6) is 0 Å². The summed E-state index contributed by atoms with van der Waals surface area (Å²) in [6, 6.07) is 20.9. The van der Waals surface area contributed by atoms with Crippen LogP contribution in [0, 0.1) is 0 Å². The molecule has 0 spiro atoms. The van der Waals surface area contributed by atoms with E-state index < -0.39 is 0 Å². The van der Waals surface area contributed by atoms with Gasteiger partial charge in [-0.3, -0.25) is 14.8 Å². The maximum Gasteiger partial charge on any atom is 0.167 e. The lowest BCUT2D eigenvalue weighted by Gasteiger charge is -2.32. The molecule has 40 heavy (non-hydrogen) atoms. The Morgan fingerprint density at radius 2 is 1.57 bits per heavy atom. The summed E-state index contributed by atoms with van der Waals surface area (Å²) < 4.78 is 0. The Kier molecular flexibility index (Phi) is 6.66. The number of likely N-dealkylation sites (N-methyl/N-ethyl adjacent to an activating group) is 1. The highest BCUT2D eigenvalue weighted by atomic mass is 16.1. The smallest absolute Gasteiger partial charge is 0.167 e. The maximum atomic E-state index is 13.1. The molecule has 2 aromatic heterocycles. The number of nitrogens with zero attached hydrogens (tertiary/aromatic N) is 4. The number of H-pyrrole nitrogens is 1. The van der Waals surface area contributed by atoms with Crippen molar-refractivity contribution in [2.45, 2.75) is 38.6 Å². The number of pyridine rings is 1. The van der Waals surface area contributed by atoms with Crippen LogP contribution in [0.25, 0.3) is 33.1 Å². The molecule has 1 N–H and O–H groups in total. The molecule has 0 amide bonds. The highest BCUT2D eigenvalue weighted by Crippen LogP contribution is 2.37. The van der Waals surface area contributed by atoms with Crippen molar-refractivity contribution in [3.05, 3.63) is 94.7 Å². The van der Waals surface area contributed by atoms with Gasteiger partial charge in [0.05, 0.1) is 22.9 Å². The van der Waals surface area contributed by atoms with Gasteiger partial charge in [-0.1, -0.05) is 48.5 Å². The van der Waals surface area contributed by atoms with E-state index in [0.29, 0.717) is 6.42 Å². The Labute approximate surface area is 235 Å². The molecule has 6 nitrogen and oxygen atoms in total. The van der Waals surface area contributed by atoms with Gasteiger partial charge in [0.25, 0.3) is 0 Å². The first-order chi connectivity index (χ1) is 19.6. The zero-order valence-corrected chi connectivity index (χ0v) is 23.1. The van der Waals surface area contributed by atoms with Crippen molar-refractivity contribution in [3.8, 4) is 11.3 Å². The molecule has 1 aliphatic heterocycles. The lowest BCUT2D eigenvalue weighted by atomic mass is 9.85. The fourth-order valence-electron chi connectivity index (χ4n) is 6.41. The van der Waals surface area contributed by atoms with Gasteiger partial charge in [-0.25, -0.2) is 4.98 Å². The van der Waals surface area contributed by atoms with E-state index in [0.717, 1.165) is 84.4 Å². The summed E-state index contributed by atoms with van der Waals surface area (Å²) in [5, 5.41) is 9.81. The lowest BCUT2D eigenvalue weighted by molar-refractivity contribution is 0.0993. The van der Waals surface area contributed by atoms with Crippen LogP contribution in [-0.2, 0) is 25.8 Å². The number of carbonyl (C=O) groups is 1. The Bertz CT molecular complexity index is 1680. The molecule has 1 aliphatic carbocycles. The number of aromatic nitrogens is 3. The molecule has 202 valence electrons. The average Bonchev–Trinajstić information content (AvgIpc) is 3.48. The summed E-state index contributed by atoms with van der Waals surface area (Å²) in [4.78, 5) is 23.1. The topological polar surface area (TPSA) is 65.1 Å². The monoisotopic (exact) mass is 529 g/mol. The maximum absolute atomic E-state index is 13.1. The molecule has 1 fully saturated rings. The van der Waals surface area contributed by atoms with Crippen molar-refractivity contribution < 1.29 is 4.79 Å². The van der Waals surface area contributed by atoms with E-state index in [1.165, 1.54) is 34.9 Å². The summed E-state index contributed by atoms with van der Waals surface area (Å²) in [5.74, 6) is 0.157. The minimum atomic E-state index is 0.157. The molecule has 0 bridgehead atoms. The number of fused-ring (bicyclic) bond motifs is 5. The van der Waals surface area contributed by atoms with Gasteiger partial charge < -0.3 is 4.90 Å². The van der Waals surface area contributed by atoms with Gasteiger partial charge in [0, 0.05) is 61.0 Å². The summed E-state index contributed by atoms with van der Waals surface area (Å²) in [7, 11) is 2.18. The third kappa shape index (κ3) is 4.82. The SMILES string of the molecule is CN1CCN(Cc2ccc(C(=O)Cc3ccc(-c4nc5ccc6[nH]ncc6c5c5c4CCCC5)cc3)cc2)CC1. The van der Waals surface area contributed by atoms with Crippen molar-refractivity contribution in [1.29, 1.82) is 0 Å². The molecule has 6 heteroatoms. The normalized spacial score (nSPS) is 16.4. The van der Waals surface area contributed by atoms with Gasteiger partial charge in [-0.2, -0.15) is 5.10 Å². The Hall–Kier alpha value is -3.87. The van der Waals surface area contributed by atoms with Crippen molar-refractivity contribution in [2.75, 3.05) is 33.2 Å². The van der Waals surface area contributed by atoms with Crippen LogP contribution < -0.4 is 0 Å². The van der Waals surface area contributed by atoms with Crippen LogP contribution >= 0.6 is 0 Å². The second kappa shape index (κ2) is 10.6. The number of hydrogen-bond donors (Lipinski definition) is 1. The molecule has 0 unspecified atom stereocenters. The van der Waals surface area contributed by atoms with Crippen LogP contribution in [0.2, 0.25) is 0 Å². The zero-order chi connectivity index (χ0) is 27.1. The summed E-state index contributed by atoms with van der Waals surface area (Å²) in [6.07, 6.45) is 6.85. The molecule has 0 saturated carbocycles. The van der Waals surface area contributed by atoms with E-state index in [4.69, 9.17) is 4.98 Å². The van der Waals surface area contributed by atoms with Gasteiger partial charge in [0.2, 0.25) is 0 Å². The van der Waals surface area contributed by atoms with Crippen LogP contribution in [0.3, 0.4) is 0 Å². The molecule has 0 radical (unpaired) electrons. The molecule has 0 atom stereocenters. The molecule has 3 heterocycles. The van der Waals surface area contributed by atoms with E-state index in [9.17, 15) is 4.79 Å². The highest BCUT2D eigenvalue weighted by molar-refractivity contribution is 6.07. The quantitative estimate of drug-likeness (QED) is 0.281. The standard InChI is InChI=1S/C34H35N5O/c1-38-16-18-39(19-17-38)22-24-8-10-25(11-9-24)32(40)20-23-6-12-26(13-7-23)34-28-5-3-2-4-27(28)33-29-21-35-37-30(29)14-15-31(33)36-34/h6-15,21H,2-5,16-20,22H2,1H3,(H,35,37). The van der Waals surface area contributed by atoms with Gasteiger partial charge >= 0.3 is 0 Å². The van der Waals surface area contributed by atoms with E-state index in [1.54, 1.807) is 0 Å². The minimum absolute atomic E-state index is 0.157. The van der Waals surface area contributed by atoms with Crippen molar-refractivity contribution in [1.82, 2.24) is 25.0 Å². The van der Waals surface area contributed by atoms with E-state index >= 15 is 0 Å². The van der Waals surface area contributed by atoms with Crippen molar-refractivity contribution in [2.24, 2.45) is 0 Å². The predicted octanol–water partition coefficient (Wildman–Crippen LogP) is 5.83. The first-order valence-corrected chi connectivity index (χ1v) is 14.5. The number of benzene rings is 3. The van der Waals surface area contributed by atoms with Gasteiger partial charge in [-0.05, 0) is 67.1 Å². The number of aromatic amines is 1. The van der Waals surface area contributed by atoms with Crippen molar-refractivity contribution in [3.63, 3.8) is 0 Å². The van der Waals surface area contributed by atoms with E-state index in [2.05, 4.69) is 75.6 Å². The molecule has 1 saturated heterocycles. The zero-order valence-electron chi connectivity index (χ0n) is 23.1. The Morgan fingerprint density at radius 3 is 2.35 bits per heavy atom. The predicted molar refractivity (Wildman–Crippen MR) is 161 cm³/mol. The Balaban J connectivity index is 1.09. The number of piperazine rings is 1. The summed E-state index contributed by atoms with van der Waals surface area (Å²) in [6.45, 7) is 5.37. The number of hydrogen-bond acceptors (Lipinski definition) is 5. The molecule has 2 aliphatic rings.